The summed E-state index contributed by atoms with van der Waals surface area (Å²) in [6, 6.07) is 9.65. The Balaban J connectivity index is 2.21. The number of nitrogen functional groups attached to an aromatic ring is 1. The van der Waals surface area contributed by atoms with E-state index in [2.05, 4.69) is 21.8 Å². The molecule has 0 radical (unpaired) electrons. The van der Waals surface area contributed by atoms with E-state index in [-0.39, 0.29) is 6.10 Å². The maximum Gasteiger partial charge on any atom is 0.239 e. The number of pyridine rings is 2. The van der Waals surface area contributed by atoms with Crippen LogP contribution in [0, 0.1) is 0 Å². The third kappa shape index (κ3) is 4.08. The van der Waals surface area contributed by atoms with Crippen LogP contribution in [0.5, 0.6) is 5.88 Å². The van der Waals surface area contributed by atoms with E-state index in [1.807, 2.05) is 44.2 Å². The van der Waals surface area contributed by atoms with Gasteiger partial charge in [0.1, 0.15) is 5.82 Å². The van der Waals surface area contributed by atoms with Gasteiger partial charge in [-0.05, 0) is 45.0 Å². The van der Waals surface area contributed by atoms with Crippen molar-refractivity contribution in [1.82, 2.24) is 9.97 Å². The first-order valence-electron chi connectivity index (χ1n) is 7.18. The second kappa shape index (κ2) is 6.92. The lowest BCUT2D eigenvalue weighted by Gasteiger charge is -2.22. The molecule has 2 aromatic heterocycles. The molecular weight excluding hydrogens is 264 g/mol. The molecule has 0 saturated carbocycles. The number of hydrogen-bond donors (Lipinski definition) is 1. The Morgan fingerprint density at radius 2 is 2.05 bits per heavy atom. The number of hydrogen-bond acceptors (Lipinski definition) is 5. The predicted octanol–water partition coefficient (Wildman–Crippen LogP) is 2.87. The van der Waals surface area contributed by atoms with Crippen LogP contribution in [0.3, 0.4) is 0 Å². The van der Waals surface area contributed by atoms with Crippen molar-refractivity contribution in [2.24, 2.45) is 0 Å². The first-order valence-corrected chi connectivity index (χ1v) is 7.18. The van der Waals surface area contributed by atoms with Crippen molar-refractivity contribution in [2.75, 3.05) is 17.2 Å². The Bertz CT molecular complexity index is 572. The molecule has 0 unspecified atom stereocenters. The number of nitrogens with zero attached hydrogens (tertiary/aromatic N) is 3. The minimum Gasteiger partial charge on any atom is -0.473 e. The van der Waals surface area contributed by atoms with Crippen LogP contribution >= 0.6 is 0 Å². The zero-order chi connectivity index (χ0) is 15.2. The number of anilines is 2. The molecule has 0 atom stereocenters. The van der Waals surface area contributed by atoms with Crippen molar-refractivity contribution < 1.29 is 4.74 Å². The third-order valence-electron chi connectivity index (χ3n) is 3.01. The molecule has 0 aliphatic heterocycles. The van der Waals surface area contributed by atoms with Crippen LogP contribution < -0.4 is 15.4 Å². The van der Waals surface area contributed by atoms with E-state index in [0.29, 0.717) is 18.1 Å². The quantitative estimate of drug-likeness (QED) is 0.884. The monoisotopic (exact) mass is 286 g/mol. The lowest BCUT2D eigenvalue weighted by molar-refractivity contribution is 0.234. The van der Waals surface area contributed by atoms with Gasteiger partial charge in [-0.15, -0.1) is 0 Å². The third-order valence-corrected chi connectivity index (χ3v) is 3.01. The molecule has 5 nitrogen and oxygen atoms in total. The van der Waals surface area contributed by atoms with Crippen molar-refractivity contribution in [2.45, 2.75) is 33.4 Å². The molecule has 0 aromatic carbocycles. The maximum atomic E-state index is 5.91. The summed E-state index contributed by atoms with van der Waals surface area (Å²) >= 11 is 0. The molecule has 2 heterocycles. The first kappa shape index (κ1) is 15.1. The molecule has 2 rings (SSSR count). The van der Waals surface area contributed by atoms with Crippen molar-refractivity contribution in [3.05, 3.63) is 42.2 Å². The Morgan fingerprint density at radius 3 is 2.67 bits per heavy atom. The van der Waals surface area contributed by atoms with Gasteiger partial charge in [-0.3, -0.25) is 4.98 Å². The molecule has 2 N–H and O–H groups in total. The molecular formula is C16H22N4O. The molecule has 0 bridgehead atoms. The fourth-order valence-electron chi connectivity index (χ4n) is 1.98. The van der Waals surface area contributed by atoms with Gasteiger partial charge in [-0.1, -0.05) is 6.07 Å². The van der Waals surface area contributed by atoms with Gasteiger partial charge in [0.05, 0.1) is 24.0 Å². The van der Waals surface area contributed by atoms with E-state index in [0.717, 1.165) is 18.1 Å². The van der Waals surface area contributed by atoms with Crippen molar-refractivity contribution >= 4 is 11.5 Å². The van der Waals surface area contributed by atoms with Gasteiger partial charge in [0.15, 0.2) is 0 Å². The Kier molecular flexibility index (Phi) is 4.98. The topological polar surface area (TPSA) is 64.3 Å². The summed E-state index contributed by atoms with van der Waals surface area (Å²) < 4.78 is 5.65. The average molecular weight is 286 g/mol. The predicted molar refractivity (Wildman–Crippen MR) is 85.4 cm³/mol. The van der Waals surface area contributed by atoms with Crippen LogP contribution in [0.2, 0.25) is 0 Å². The second-order valence-electron chi connectivity index (χ2n) is 5.07. The van der Waals surface area contributed by atoms with E-state index in [9.17, 15) is 0 Å². The number of aromatic nitrogens is 2. The summed E-state index contributed by atoms with van der Waals surface area (Å²) in [5, 5.41) is 0. The molecule has 5 heteroatoms. The summed E-state index contributed by atoms with van der Waals surface area (Å²) in [5.74, 6) is 1.33. The molecule has 0 spiro atoms. The largest absolute Gasteiger partial charge is 0.473 e. The molecule has 0 aliphatic rings. The Morgan fingerprint density at radius 1 is 1.24 bits per heavy atom. The van der Waals surface area contributed by atoms with E-state index in [1.54, 1.807) is 6.20 Å². The van der Waals surface area contributed by atoms with Crippen molar-refractivity contribution in [1.29, 1.82) is 0 Å². The highest BCUT2D eigenvalue weighted by molar-refractivity contribution is 5.54. The molecule has 21 heavy (non-hydrogen) atoms. The minimum absolute atomic E-state index is 0.0425. The highest BCUT2D eigenvalue weighted by Gasteiger charge is 2.12. The fourth-order valence-corrected chi connectivity index (χ4v) is 1.98. The van der Waals surface area contributed by atoms with Crippen LogP contribution in [-0.2, 0) is 6.54 Å². The standard InChI is InChI=1S/C16H22N4O/c1-4-20(11-13-7-5-6-10-18-13)15-9-8-14(17)16(19-15)21-12(2)3/h5-10,12H,4,11,17H2,1-3H3. The maximum absolute atomic E-state index is 5.91. The van der Waals surface area contributed by atoms with E-state index >= 15 is 0 Å². The van der Waals surface area contributed by atoms with Crippen LogP contribution in [-0.4, -0.2) is 22.6 Å². The first-order chi connectivity index (χ1) is 10.1. The lowest BCUT2D eigenvalue weighted by atomic mass is 10.3. The highest BCUT2D eigenvalue weighted by atomic mass is 16.5. The van der Waals surface area contributed by atoms with Crippen molar-refractivity contribution in [3.63, 3.8) is 0 Å². The van der Waals surface area contributed by atoms with Crippen molar-refractivity contribution in [3.8, 4) is 5.88 Å². The summed E-state index contributed by atoms with van der Waals surface area (Å²) in [5.41, 5.74) is 7.47. The zero-order valence-electron chi connectivity index (χ0n) is 12.8. The number of nitrogens with two attached hydrogens (primary N) is 1. The molecule has 2 aromatic rings. The van der Waals surface area contributed by atoms with E-state index < -0.39 is 0 Å². The van der Waals surface area contributed by atoms with Crippen LogP contribution in [0.4, 0.5) is 11.5 Å². The van der Waals surface area contributed by atoms with Gasteiger partial charge in [0.2, 0.25) is 5.88 Å². The smallest absolute Gasteiger partial charge is 0.239 e. The average Bonchev–Trinajstić information content (AvgIpc) is 2.48. The molecule has 112 valence electrons. The number of ether oxygens (including phenoxy) is 1. The van der Waals surface area contributed by atoms with Crippen LogP contribution in [0.1, 0.15) is 26.5 Å². The van der Waals surface area contributed by atoms with E-state index in [4.69, 9.17) is 10.5 Å². The van der Waals surface area contributed by atoms with E-state index in [1.165, 1.54) is 0 Å². The molecule has 0 fully saturated rings. The van der Waals surface area contributed by atoms with Gasteiger partial charge >= 0.3 is 0 Å². The Hall–Kier alpha value is -2.30. The fraction of sp³-hybridized carbons (Fsp3) is 0.375. The summed E-state index contributed by atoms with van der Waals surface area (Å²) in [6.07, 6.45) is 1.84. The zero-order valence-corrected chi connectivity index (χ0v) is 12.8. The lowest BCUT2D eigenvalue weighted by Crippen LogP contribution is -2.24. The molecule has 0 amide bonds. The minimum atomic E-state index is 0.0425. The van der Waals surface area contributed by atoms with Gasteiger partial charge < -0.3 is 15.4 Å². The summed E-state index contributed by atoms with van der Waals surface area (Å²) in [7, 11) is 0. The van der Waals surface area contributed by atoms with Gasteiger partial charge in [-0.2, -0.15) is 4.98 Å². The summed E-state index contributed by atoms with van der Waals surface area (Å²) in [4.78, 5) is 11.0. The Labute approximate surface area is 125 Å². The molecule has 0 saturated heterocycles. The van der Waals surface area contributed by atoms with Crippen LogP contribution in [0.25, 0.3) is 0 Å². The molecule has 0 aliphatic carbocycles. The number of rotatable bonds is 6. The normalized spacial score (nSPS) is 10.7. The second-order valence-corrected chi connectivity index (χ2v) is 5.07. The SMILES string of the molecule is CCN(Cc1ccccn1)c1ccc(N)c(OC(C)C)n1. The highest BCUT2D eigenvalue weighted by Crippen LogP contribution is 2.24. The van der Waals surface area contributed by atoms with Gasteiger partial charge in [-0.25, -0.2) is 0 Å². The van der Waals surface area contributed by atoms with Crippen LogP contribution in [0.15, 0.2) is 36.5 Å². The van der Waals surface area contributed by atoms with Gasteiger partial charge in [0.25, 0.3) is 0 Å². The van der Waals surface area contributed by atoms with Gasteiger partial charge in [0, 0.05) is 12.7 Å². The summed E-state index contributed by atoms with van der Waals surface area (Å²) in [6.45, 7) is 7.53.